The number of rotatable bonds is 7. The van der Waals surface area contributed by atoms with Crippen molar-refractivity contribution < 1.29 is 14.6 Å². The van der Waals surface area contributed by atoms with Crippen LogP contribution in [0.5, 0.6) is 11.5 Å². The van der Waals surface area contributed by atoms with Crippen LogP contribution in [0.2, 0.25) is 0 Å². The standard InChI is InChI=1S/C13H20O3/c1-3-4-6-11-12(14)7-5-8-13(11)16-10-9-15-2/h5,7-8,14H,3-4,6,9-10H2,1-2H3. The van der Waals surface area contributed by atoms with Crippen molar-refractivity contribution in [1.29, 1.82) is 0 Å². The second-order valence-corrected chi connectivity index (χ2v) is 3.70. The van der Waals surface area contributed by atoms with Gasteiger partial charge in [0.25, 0.3) is 0 Å². The van der Waals surface area contributed by atoms with E-state index in [4.69, 9.17) is 9.47 Å². The molecule has 0 radical (unpaired) electrons. The number of unbranched alkanes of at least 4 members (excludes halogenated alkanes) is 1. The predicted octanol–water partition coefficient (Wildman–Crippen LogP) is 2.76. The van der Waals surface area contributed by atoms with Gasteiger partial charge in [0.15, 0.2) is 0 Å². The summed E-state index contributed by atoms with van der Waals surface area (Å²) in [4.78, 5) is 0. The summed E-state index contributed by atoms with van der Waals surface area (Å²) in [5.74, 6) is 1.09. The molecule has 0 bridgehead atoms. The molecule has 0 aliphatic heterocycles. The largest absolute Gasteiger partial charge is 0.508 e. The first-order valence-electron chi connectivity index (χ1n) is 5.72. The van der Waals surface area contributed by atoms with E-state index in [9.17, 15) is 5.11 Å². The van der Waals surface area contributed by atoms with Crippen LogP contribution in [0, 0.1) is 0 Å². The van der Waals surface area contributed by atoms with Gasteiger partial charge in [0.1, 0.15) is 18.1 Å². The Morgan fingerprint density at radius 2 is 2.06 bits per heavy atom. The van der Waals surface area contributed by atoms with Gasteiger partial charge >= 0.3 is 0 Å². The number of aromatic hydroxyl groups is 1. The summed E-state index contributed by atoms with van der Waals surface area (Å²) in [6.07, 6.45) is 3.01. The van der Waals surface area contributed by atoms with Gasteiger partial charge in [0.2, 0.25) is 0 Å². The lowest BCUT2D eigenvalue weighted by Gasteiger charge is -2.12. The first-order valence-corrected chi connectivity index (χ1v) is 5.72. The molecule has 0 saturated carbocycles. The number of phenols is 1. The predicted molar refractivity (Wildman–Crippen MR) is 64.1 cm³/mol. The molecule has 0 amide bonds. The van der Waals surface area contributed by atoms with Gasteiger partial charge in [-0.15, -0.1) is 0 Å². The zero-order valence-corrected chi connectivity index (χ0v) is 10.0. The highest BCUT2D eigenvalue weighted by molar-refractivity contribution is 5.43. The first kappa shape index (κ1) is 12.8. The summed E-state index contributed by atoms with van der Waals surface area (Å²) in [7, 11) is 1.64. The fourth-order valence-corrected chi connectivity index (χ4v) is 1.53. The summed E-state index contributed by atoms with van der Waals surface area (Å²) in [6, 6.07) is 5.39. The van der Waals surface area contributed by atoms with Crippen molar-refractivity contribution in [1.82, 2.24) is 0 Å². The Bertz CT molecular complexity index is 310. The molecule has 0 atom stereocenters. The molecule has 3 nitrogen and oxygen atoms in total. The number of ether oxygens (including phenoxy) is 2. The molecule has 0 fully saturated rings. The zero-order valence-electron chi connectivity index (χ0n) is 10.0. The minimum Gasteiger partial charge on any atom is -0.508 e. The molecule has 0 saturated heterocycles. The van der Waals surface area contributed by atoms with Crippen LogP contribution in [-0.4, -0.2) is 25.4 Å². The van der Waals surface area contributed by atoms with E-state index < -0.39 is 0 Å². The van der Waals surface area contributed by atoms with Gasteiger partial charge in [-0.3, -0.25) is 0 Å². The molecular formula is C13H20O3. The Morgan fingerprint density at radius 3 is 2.75 bits per heavy atom. The summed E-state index contributed by atoms with van der Waals surface area (Å²) >= 11 is 0. The fourth-order valence-electron chi connectivity index (χ4n) is 1.53. The van der Waals surface area contributed by atoms with E-state index in [0.29, 0.717) is 19.0 Å². The van der Waals surface area contributed by atoms with Gasteiger partial charge in [-0.1, -0.05) is 19.4 Å². The molecule has 0 heterocycles. The third-order valence-electron chi connectivity index (χ3n) is 2.43. The molecular weight excluding hydrogens is 204 g/mol. The molecule has 1 rings (SSSR count). The lowest BCUT2D eigenvalue weighted by molar-refractivity contribution is 0.145. The van der Waals surface area contributed by atoms with Gasteiger partial charge in [0.05, 0.1) is 6.61 Å². The van der Waals surface area contributed by atoms with Crippen LogP contribution in [0.4, 0.5) is 0 Å². The maximum atomic E-state index is 9.76. The number of benzene rings is 1. The number of hydrogen-bond acceptors (Lipinski definition) is 3. The van der Waals surface area contributed by atoms with Gasteiger partial charge in [-0.2, -0.15) is 0 Å². The quantitative estimate of drug-likeness (QED) is 0.724. The Hall–Kier alpha value is -1.22. The topological polar surface area (TPSA) is 38.7 Å². The maximum Gasteiger partial charge on any atom is 0.126 e. The van der Waals surface area contributed by atoms with Crippen LogP contribution in [0.15, 0.2) is 18.2 Å². The average Bonchev–Trinajstić information content (AvgIpc) is 2.28. The summed E-state index contributed by atoms with van der Waals surface area (Å²) < 4.78 is 10.5. The van der Waals surface area contributed by atoms with Crippen LogP contribution in [0.25, 0.3) is 0 Å². The highest BCUT2D eigenvalue weighted by atomic mass is 16.5. The second-order valence-electron chi connectivity index (χ2n) is 3.70. The van der Waals surface area contributed by atoms with Gasteiger partial charge in [-0.05, 0) is 25.0 Å². The minimum atomic E-state index is 0.323. The number of phenolic OH excluding ortho intramolecular Hbond substituents is 1. The van der Waals surface area contributed by atoms with Crippen LogP contribution < -0.4 is 4.74 Å². The van der Waals surface area contributed by atoms with E-state index in [1.165, 1.54) is 0 Å². The Balaban J connectivity index is 2.68. The molecule has 16 heavy (non-hydrogen) atoms. The van der Waals surface area contributed by atoms with E-state index >= 15 is 0 Å². The van der Waals surface area contributed by atoms with Crippen LogP contribution >= 0.6 is 0 Å². The molecule has 90 valence electrons. The SMILES string of the molecule is CCCCc1c(O)cccc1OCCOC. The zero-order chi connectivity index (χ0) is 11.8. The summed E-state index contributed by atoms with van der Waals surface area (Å²) in [5.41, 5.74) is 0.903. The molecule has 0 unspecified atom stereocenters. The first-order chi connectivity index (χ1) is 7.79. The highest BCUT2D eigenvalue weighted by Crippen LogP contribution is 2.29. The van der Waals surface area contributed by atoms with Gasteiger partial charge in [-0.25, -0.2) is 0 Å². The lowest BCUT2D eigenvalue weighted by atomic mass is 10.1. The van der Waals surface area contributed by atoms with Crippen molar-refractivity contribution >= 4 is 0 Å². The van der Waals surface area contributed by atoms with Crippen molar-refractivity contribution in [2.75, 3.05) is 20.3 Å². The molecule has 1 aromatic carbocycles. The van der Waals surface area contributed by atoms with Crippen LogP contribution in [0.1, 0.15) is 25.3 Å². The van der Waals surface area contributed by atoms with Gasteiger partial charge < -0.3 is 14.6 Å². The summed E-state index contributed by atoms with van der Waals surface area (Å²) in [5, 5.41) is 9.76. The van der Waals surface area contributed by atoms with Crippen LogP contribution in [0.3, 0.4) is 0 Å². The molecule has 0 aromatic heterocycles. The van der Waals surface area contributed by atoms with Crippen molar-refractivity contribution in [3.8, 4) is 11.5 Å². The summed E-state index contributed by atoms with van der Waals surface area (Å²) in [6.45, 7) is 3.20. The van der Waals surface area contributed by atoms with Crippen molar-refractivity contribution in [3.05, 3.63) is 23.8 Å². The molecule has 0 aliphatic rings. The monoisotopic (exact) mass is 224 g/mol. The molecule has 0 spiro atoms. The average molecular weight is 224 g/mol. The minimum absolute atomic E-state index is 0.323. The number of methoxy groups -OCH3 is 1. The normalized spacial score (nSPS) is 10.4. The molecule has 3 heteroatoms. The molecule has 1 N–H and O–H groups in total. The van der Waals surface area contributed by atoms with Gasteiger partial charge in [0, 0.05) is 12.7 Å². The van der Waals surface area contributed by atoms with E-state index in [1.54, 1.807) is 19.2 Å². The Morgan fingerprint density at radius 1 is 1.25 bits per heavy atom. The smallest absolute Gasteiger partial charge is 0.126 e. The van der Waals surface area contributed by atoms with E-state index in [0.717, 1.165) is 30.6 Å². The Kier molecular flexibility index (Phi) is 5.72. The number of hydrogen-bond donors (Lipinski definition) is 1. The Labute approximate surface area is 97.0 Å². The second kappa shape index (κ2) is 7.12. The third kappa shape index (κ3) is 3.74. The molecule has 1 aromatic rings. The lowest BCUT2D eigenvalue weighted by Crippen LogP contribution is -2.06. The van der Waals surface area contributed by atoms with Crippen LogP contribution in [-0.2, 0) is 11.2 Å². The van der Waals surface area contributed by atoms with Crippen molar-refractivity contribution in [2.24, 2.45) is 0 Å². The third-order valence-corrected chi connectivity index (χ3v) is 2.43. The fraction of sp³-hybridized carbons (Fsp3) is 0.538. The van der Waals surface area contributed by atoms with E-state index in [1.807, 2.05) is 6.07 Å². The highest BCUT2D eigenvalue weighted by Gasteiger charge is 2.08. The molecule has 0 aliphatic carbocycles. The van der Waals surface area contributed by atoms with Crippen molar-refractivity contribution in [3.63, 3.8) is 0 Å². The van der Waals surface area contributed by atoms with Crippen molar-refractivity contribution in [2.45, 2.75) is 26.2 Å². The maximum absolute atomic E-state index is 9.76. The van der Waals surface area contributed by atoms with E-state index in [-0.39, 0.29) is 0 Å². The van der Waals surface area contributed by atoms with E-state index in [2.05, 4.69) is 6.92 Å².